The van der Waals surface area contributed by atoms with Crippen molar-refractivity contribution in [3.63, 3.8) is 0 Å². The van der Waals surface area contributed by atoms with Crippen molar-refractivity contribution in [3.05, 3.63) is 153 Å². The van der Waals surface area contributed by atoms with Crippen LogP contribution in [0.3, 0.4) is 0 Å². The number of hydrogen-bond donors (Lipinski definition) is 3. The van der Waals surface area contributed by atoms with Gasteiger partial charge in [0.15, 0.2) is 0 Å². The van der Waals surface area contributed by atoms with Crippen molar-refractivity contribution in [1.82, 2.24) is 20.4 Å². The molecule has 4 heterocycles. The SMILES string of the molecule is C[N+](CCCC(=O)O)(CCCN1CC2=C(C1=O)C(c1ccc(C#N)cc1)NC(=O)N2c1cccc(C(F)(F)F)c1)CCCN1CC2=C(C1=O)C(c1ccc(C#N)cc1)NC(=O)N2c1cccc(C(F)(F)F)c1. The number of carbonyl (C=O) groups excluding carboxylic acids is 4. The largest absolute Gasteiger partial charge is 0.481 e. The lowest BCUT2D eigenvalue weighted by Crippen LogP contribution is -2.48. The van der Waals surface area contributed by atoms with Crippen LogP contribution < -0.4 is 20.4 Å². The zero-order chi connectivity index (χ0) is 51.7. The number of aliphatic carboxylic acids is 1. The summed E-state index contributed by atoms with van der Waals surface area (Å²) in [4.78, 5) is 73.2. The third kappa shape index (κ3) is 10.3. The van der Waals surface area contributed by atoms with E-state index in [1.165, 1.54) is 58.3 Å². The minimum absolute atomic E-state index is 0.103. The van der Waals surface area contributed by atoms with E-state index in [4.69, 9.17) is 0 Å². The number of hydrogen-bond acceptors (Lipinski definition) is 7. The molecule has 21 heteroatoms. The Hall–Kier alpha value is -8.17. The van der Waals surface area contributed by atoms with E-state index >= 15 is 0 Å². The van der Waals surface area contributed by atoms with Crippen LogP contribution in [0.2, 0.25) is 0 Å². The number of anilines is 2. The Labute approximate surface area is 409 Å². The number of carboxylic acid groups (broad SMARTS) is 1. The maximum Gasteiger partial charge on any atom is 0.416 e. The number of nitriles is 2. The molecular formula is C51H46F6N9O6+. The number of nitrogens with one attached hydrogen (secondary N) is 2. The van der Waals surface area contributed by atoms with Gasteiger partial charge in [-0.1, -0.05) is 36.4 Å². The molecule has 6 amide bonds. The van der Waals surface area contributed by atoms with E-state index in [0.29, 0.717) is 54.7 Å². The summed E-state index contributed by atoms with van der Waals surface area (Å²) in [6.07, 6.45) is -8.59. The van der Waals surface area contributed by atoms with Crippen LogP contribution in [0.1, 0.15) is 71.1 Å². The molecule has 0 fully saturated rings. The average molecular weight is 995 g/mol. The lowest BCUT2D eigenvalue weighted by Gasteiger charge is -2.36. The highest BCUT2D eigenvalue weighted by Gasteiger charge is 2.47. The number of rotatable bonds is 16. The standard InChI is InChI=1S/C51H45F6N9O6/c1-66(22-4-11-41(67)68,23-5-20-62-29-39-42(46(62)69)44(33-16-12-31(27-58)13-17-33)60-48(71)64(39)37-9-2-7-35(25-37)50(52,53)54)24-6-21-63-30-40-43(47(63)70)45(34-18-14-32(28-59)15-19-34)61-49(72)65(40)38-10-3-8-36(26-38)51(55,56)57/h2-3,7-10,12-19,25-26,44-45H,4-6,11,20-24,29-30H2,1H3,(H2-,60,61,67,68,71,72)/p+1. The second kappa shape index (κ2) is 19.9. The summed E-state index contributed by atoms with van der Waals surface area (Å²) in [5.74, 6) is -1.94. The summed E-state index contributed by atoms with van der Waals surface area (Å²) in [6, 6.07) is 21.4. The van der Waals surface area contributed by atoms with Crippen LogP contribution in [0.25, 0.3) is 0 Å². The van der Waals surface area contributed by atoms with Gasteiger partial charge >= 0.3 is 30.4 Å². The van der Waals surface area contributed by atoms with E-state index in [0.717, 1.165) is 34.1 Å². The van der Waals surface area contributed by atoms with Crippen LogP contribution in [-0.4, -0.2) is 102 Å². The molecule has 0 radical (unpaired) electrons. The van der Waals surface area contributed by atoms with Gasteiger partial charge in [0, 0.05) is 32.4 Å². The van der Waals surface area contributed by atoms with Gasteiger partial charge in [0.2, 0.25) is 0 Å². The summed E-state index contributed by atoms with van der Waals surface area (Å²) < 4.78 is 83.4. The molecule has 0 aliphatic carbocycles. The first-order valence-electron chi connectivity index (χ1n) is 22.9. The number of alkyl halides is 6. The summed E-state index contributed by atoms with van der Waals surface area (Å²) in [6.45, 7) is 1.19. The molecule has 4 aromatic rings. The monoisotopic (exact) mass is 994 g/mol. The number of carboxylic acids is 1. The van der Waals surface area contributed by atoms with E-state index in [1.54, 1.807) is 24.3 Å². The molecule has 0 bridgehead atoms. The van der Waals surface area contributed by atoms with E-state index in [-0.39, 0.29) is 77.4 Å². The molecule has 3 N–H and O–H groups in total. The molecule has 0 aromatic heterocycles. The smallest absolute Gasteiger partial charge is 0.416 e. The number of halogens is 6. The van der Waals surface area contributed by atoms with Crippen molar-refractivity contribution < 1.29 is 59.9 Å². The van der Waals surface area contributed by atoms with Crippen LogP contribution >= 0.6 is 0 Å². The van der Waals surface area contributed by atoms with Crippen LogP contribution in [0.4, 0.5) is 47.3 Å². The Morgan fingerprint density at radius 3 is 1.39 bits per heavy atom. The van der Waals surface area contributed by atoms with Gasteiger partial charge in [-0.05, 0) is 71.8 Å². The Bertz CT molecular complexity index is 2790. The summed E-state index contributed by atoms with van der Waals surface area (Å²) in [5, 5.41) is 33.8. The third-order valence-corrected chi connectivity index (χ3v) is 13.3. The molecule has 2 atom stereocenters. The van der Waals surface area contributed by atoms with Crippen LogP contribution in [-0.2, 0) is 26.7 Å². The van der Waals surface area contributed by atoms with Crippen LogP contribution in [0, 0.1) is 22.7 Å². The summed E-state index contributed by atoms with van der Waals surface area (Å²) in [7, 11) is 1.91. The van der Waals surface area contributed by atoms with Gasteiger partial charge in [0.1, 0.15) is 0 Å². The van der Waals surface area contributed by atoms with E-state index in [1.807, 2.05) is 19.2 Å². The lowest BCUT2D eigenvalue weighted by molar-refractivity contribution is -0.910. The van der Waals surface area contributed by atoms with Gasteiger partial charge in [0.05, 0.1) is 127 Å². The molecule has 4 aliphatic rings. The van der Waals surface area contributed by atoms with Gasteiger partial charge in [0.25, 0.3) is 11.8 Å². The molecule has 0 saturated heterocycles. The number of quaternary nitrogens is 1. The Kier molecular flexibility index (Phi) is 13.9. The fourth-order valence-corrected chi connectivity index (χ4v) is 9.78. The lowest BCUT2D eigenvalue weighted by atomic mass is 9.94. The fraction of sp³-hybridized carbons (Fsp3) is 0.314. The Morgan fingerprint density at radius 2 is 1.03 bits per heavy atom. The maximum atomic E-state index is 14.4. The van der Waals surface area contributed by atoms with Crippen LogP contribution in [0.5, 0.6) is 0 Å². The predicted molar refractivity (Wildman–Crippen MR) is 247 cm³/mol. The molecule has 2 unspecified atom stereocenters. The average Bonchev–Trinajstić information content (AvgIpc) is 3.84. The molecule has 372 valence electrons. The Balaban J connectivity index is 1.00. The highest BCUT2D eigenvalue weighted by molar-refractivity contribution is 6.08. The highest BCUT2D eigenvalue weighted by atomic mass is 19.4. The van der Waals surface area contributed by atoms with Gasteiger partial charge in [-0.15, -0.1) is 0 Å². The van der Waals surface area contributed by atoms with Crippen LogP contribution in [0.15, 0.2) is 120 Å². The van der Waals surface area contributed by atoms with Crippen molar-refractivity contribution in [3.8, 4) is 12.1 Å². The molecule has 72 heavy (non-hydrogen) atoms. The molecular weight excluding hydrogens is 949 g/mol. The summed E-state index contributed by atoms with van der Waals surface area (Å²) in [5.41, 5.74) is 0.0750. The number of nitrogens with zero attached hydrogens (tertiary/aromatic N) is 7. The molecule has 8 rings (SSSR count). The van der Waals surface area contributed by atoms with E-state index < -0.39 is 65.4 Å². The van der Waals surface area contributed by atoms with Crippen molar-refractivity contribution in [2.45, 2.75) is 50.1 Å². The van der Waals surface area contributed by atoms with Crippen molar-refractivity contribution in [1.29, 1.82) is 10.5 Å². The number of urea groups is 2. The van der Waals surface area contributed by atoms with E-state index in [2.05, 4.69) is 10.6 Å². The first-order chi connectivity index (χ1) is 34.2. The first kappa shape index (κ1) is 50.2. The third-order valence-electron chi connectivity index (χ3n) is 13.3. The van der Waals surface area contributed by atoms with Gasteiger partial charge < -0.3 is 30.0 Å². The fourth-order valence-electron chi connectivity index (χ4n) is 9.78. The summed E-state index contributed by atoms with van der Waals surface area (Å²) >= 11 is 0. The first-order valence-corrected chi connectivity index (χ1v) is 22.9. The molecule has 0 spiro atoms. The second-order valence-corrected chi connectivity index (χ2v) is 18.2. The molecule has 15 nitrogen and oxygen atoms in total. The highest BCUT2D eigenvalue weighted by Crippen LogP contribution is 2.42. The molecule has 4 aliphatic heterocycles. The zero-order valence-corrected chi connectivity index (χ0v) is 38.6. The Morgan fingerprint density at radius 1 is 0.639 bits per heavy atom. The predicted octanol–water partition coefficient (Wildman–Crippen LogP) is 7.99. The normalized spacial score (nSPS) is 18.9. The molecule has 0 saturated carbocycles. The van der Waals surface area contributed by atoms with Crippen molar-refractivity contribution >= 4 is 41.2 Å². The second-order valence-electron chi connectivity index (χ2n) is 18.2. The maximum absolute atomic E-state index is 14.4. The number of benzene rings is 4. The minimum Gasteiger partial charge on any atom is -0.481 e. The number of amides is 6. The van der Waals surface area contributed by atoms with Crippen molar-refractivity contribution in [2.24, 2.45) is 0 Å². The quantitative estimate of drug-likeness (QED) is 0.0744. The minimum atomic E-state index is -4.72. The molecule has 4 aromatic carbocycles. The zero-order valence-electron chi connectivity index (χ0n) is 38.6. The van der Waals surface area contributed by atoms with Crippen molar-refractivity contribution in [2.75, 3.05) is 62.7 Å². The van der Waals surface area contributed by atoms with Gasteiger partial charge in [-0.25, -0.2) is 9.59 Å². The number of carbonyl (C=O) groups is 5. The van der Waals surface area contributed by atoms with E-state index in [9.17, 15) is 65.9 Å². The van der Waals surface area contributed by atoms with Gasteiger partial charge in [-0.3, -0.25) is 24.2 Å². The topological polar surface area (TPSA) is 190 Å². The van der Waals surface area contributed by atoms with Gasteiger partial charge in [-0.2, -0.15) is 36.9 Å².